The van der Waals surface area contributed by atoms with Crippen molar-refractivity contribution in [3.05, 3.63) is 71.0 Å². The fourth-order valence-corrected chi connectivity index (χ4v) is 3.13. The molecular formula is C24H31FN2O2. The molecule has 2 rings (SSSR count). The summed E-state index contributed by atoms with van der Waals surface area (Å²) in [6, 6.07) is 13.9. The smallest absolute Gasteiger partial charge is 0.242 e. The number of aryl methyl sites for hydroxylation is 2. The average molecular weight is 399 g/mol. The molecule has 0 aliphatic heterocycles. The van der Waals surface area contributed by atoms with Crippen LogP contribution in [0.4, 0.5) is 4.39 Å². The van der Waals surface area contributed by atoms with E-state index < -0.39 is 6.04 Å². The fourth-order valence-electron chi connectivity index (χ4n) is 3.13. The molecule has 0 aliphatic rings. The van der Waals surface area contributed by atoms with Crippen LogP contribution in [0.15, 0.2) is 48.5 Å². The Bertz CT molecular complexity index is 805. The van der Waals surface area contributed by atoms with Crippen molar-refractivity contribution >= 4 is 11.8 Å². The molecule has 2 aromatic rings. The summed E-state index contributed by atoms with van der Waals surface area (Å²) < 4.78 is 14.2. The van der Waals surface area contributed by atoms with E-state index in [4.69, 9.17) is 0 Å². The molecule has 0 spiro atoms. The molecule has 2 aromatic carbocycles. The zero-order valence-electron chi connectivity index (χ0n) is 17.6. The van der Waals surface area contributed by atoms with Crippen molar-refractivity contribution in [1.82, 2.24) is 10.2 Å². The lowest BCUT2D eigenvalue weighted by Gasteiger charge is -2.29. The highest BCUT2D eigenvalue weighted by molar-refractivity contribution is 5.87. The molecule has 1 atom stereocenters. The second-order valence-corrected chi connectivity index (χ2v) is 7.25. The highest BCUT2D eigenvalue weighted by Crippen LogP contribution is 2.15. The molecule has 0 unspecified atom stereocenters. The van der Waals surface area contributed by atoms with Gasteiger partial charge < -0.3 is 10.2 Å². The predicted octanol–water partition coefficient (Wildman–Crippen LogP) is 4.26. The fraction of sp³-hybridized carbons (Fsp3) is 0.417. The monoisotopic (exact) mass is 398 g/mol. The quantitative estimate of drug-likeness (QED) is 0.650. The number of nitrogens with zero attached hydrogens (tertiary/aromatic N) is 1. The summed E-state index contributed by atoms with van der Waals surface area (Å²) >= 11 is 0. The highest BCUT2D eigenvalue weighted by atomic mass is 19.1. The molecule has 5 heteroatoms. The van der Waals surface area contributed by atoms with Gasteiger partial charge in [0.05, 0.1) is 0 Å². The molecule has 0 heterocycles. The van der Waals surface area contributed by atoms with Gasteiger partial charge in [0.25, 0.3) is 0 Å². The number of hydrogen-bond donors (Lipinski definition) is 1. The molecule has 0 aliphatic carbocycles. The Morgan fingerprint density at radius 3 is 2.31 bits per heavy atom. The Labute approximate surface area is 173 Å². The van der Waals surface area contributed by atoms with Crippen LogP contribution in [0, 0.1) is 5.82 Å². The van der Waals surface area contributed by atoms with E-state index >= 15 is 0 Å². The van der Waals surface area contributed by atoms with Gasteiger partial charge >= 0.3 is 0 Å². The van der Waals surface area contributed by atoms with Gasteiger partial charge in [-0.3, -0.25) is 9.59 Å². The van der Waals surface area contributed by atoms with Gasteiger partial charge in [0, 0.05) is 25.1 Å². The number of benzene rings is 2. The lowest BCUT2D eigenvalue weighted by atomic mass is 10.0. The Hall–Kier alpha value is -2.69. The SMILES string of the molecule is CCCNC(=O)[C@H](C)N(Cc1ccccc1F)C(=O)CCc1ccc(CC)cc1. The number of carbonyl (C=O) groups is 2. The molecule has 29 heavy (non-hydrogen) atoms. The van der Waals surface area contributed by atoms with E-state index in [9.17, 15) is 14.0 Å². The maximum atomic E-state index is 14.2. The van der Waals surface area contributed by atoms with Crippen LogP contribution in [-0.2, 0) is 29.0 Å². The predicted molar refractivity (Wildman–Crippen MR) is 114 cm³/mol. The third kappa shape index (κ3) is 6.70. The molecule has 0 saturated carbocycles. The molecule has 0 saturated heterocycles. The standard InChI is InChI=1S/C24H31FN2O2/c1-4-16-26-24(29)18(3)27(17-21-8-6-7-9-22(21)25)23(28)15-14-20-12-10-19(5-2)11-13-20/h6-13,18H,4-5,14-17H2,1-3H3,(H,26,29)/t18-/m0/s1. The van der Waals surface area contributed by atoms with Crippen molar-refractivity contribution in [3.8, 4) is 0 Å². The van der Waals surface area contributed by atoms with E-state index in [0.29, 0.717) is 18.5 Å². The number of rotatable bonds is 10. The van der Waals surface area contributed by atoms with Crippen molar-refractivity contribution in [2.45, 2.75) is 59.0 Å². The second-order valence-electron chi connectivity index (χ2n) is 7.25. The normalized spacial score (nSPS) is 11.7. The average Bonchev–Trinajstić information content (AvgIpc) is 2.75. The minimum absolute atomic E-state index is 0.0704. The molecule has 0 bridgehead atoms. The Kier molecular flexibility index (Phi) is 8.84. The molecule has 156 valence electrons. The van der Waals surface area contributed by atoms with Gasteiger partial charge in [0.1, 0.15) is 11.9 Å². The Morgan fingerprint density at radius 1 is 1.03 bits per heavy atom. The van der Waals surface area contributed by atoms with E-state index in [2.05, 4.69) is 24.4 Å². The number of amides is 2. The summed E-state index contributed by atoms with van der Waals surface area (Å²) in [6.07, 6.45) is 2.64. The number of nitrogens with one attached hydrogen (secondary N) is 1. The van der Waals surface area contributed by atoms with Crippen LogP contribution in [-0.4, -0.2) is 29.3 Å². The van der Waals surface area contributed by atoms with Crippen LogP contribution in [0.2, 0.25) is 0 Å². The van der Waals surface area contributed by atoms with Gasteiger partial charge in [0.2, 0.25) is 11.8 Å². The maximum absolute atomic E-state index is 14.2. The van der Waals surface area contributed by atoms with Crippen LogP contribution < -0.4 is 5.32 Å². The molecule has 2 amide bonds. The summed E-state index contributed by atoms with van der Waals surface area (Å²) in [7, 11) is 0. The summed E-state index contributed by atoms with van der Waals surface area (Å²) in [5.74, 6) is -0.752. The second kappa shape index (κ2) is 11.3. The van der Waals surface area contributed by atoms with E-state index in [1.54, 1.807) is 25.1 Å². The van der Waals surface area contributed by atoms with Gasteiger partial charge in [-0.25, -0.2) is 4.39 Å². The van der Waals surface area contributed by atoms with Crippen LogP contribution in [0.5, 0.6) is 0 Å². The van der Waals surface area contributed by atoms with Crippen molar-refractivity contribution in [2.75, 3.05) is 6.54 Å². The zero-order chi connectivity index (χ0) is 21.2. The van der Waals surface area contributed by atoms with E-state index in [1.165, 1.54) is 16.5 Å². The zero-order valence-corrected chi connectivity index (χ0v) is 17.6. The van der Waals surface area contributed by atoms with Gasteiger partial charge in [0.15, 0.2) is 0 Å². The molecular weight excluding hydrogens is 367 g/mol. The molecule has 1 N–H and O–H groups in total. The molecule has 0 radical (unpaired) electrons. The largest absolute Gasteiger partial charge is 0.354 e. The molecule has 4 nitrogen and oxygen atoms in total. The summed E-state index contributed by atoms with van der Waals surface area (Å²) in [4.78, 5) is 26.9. The first kappa shape index (κ1) is 22.6. The first-order valence-electron chi connectivity index (χ1n) is 10.3. The van der Waals surface area contributed by atoms with E-state index in [1.807, 2.05) is 19.1 Å². The van der Waals surface area contributed by atoms with Gasteiger partial charge in [-0.1, -0.05) is 56.3 Å². The Balaban J connectivity index is 2.12. The highest BCUT2D eigenvalue weighted by Gasteiger charge is 2.26. The van der Waals surface area contributed by atoms with Crippen LogP contribution in [0.3, 0.4) is 0 Å². The minimum Gasteiger partial charge on any atom is -0.354 e. The lowest BCUT2D eigenvalue weighted by molar-refractivity contribution is -0.140. The third-order valence-corrected chi connectivity index (χ3v) is 5.07. The molecule has 0 fully saturated rings. The van der Waals surface area contributed by atoms with Gasteiger partial charge in [-0.2, -0.15) is 0 Å². The topological polar surface area (TPSA) is 49.4 Å². The van der Waals surface area contributed by atoms with Crippen molar-refractivity contribution in [1.29, 1.82) is 0 Å². The first-order chi connectivity index (χ1) is 14.0. The third-order valence-electron chi connectivity index (χ3n) is 5.07. The van der Waals surface area contributed by atoms with Gasteiger partial charge in [-0.05, 0) is 43.4 Å². The Morgan fingerprint density at radius 2 is 1.69 bits per heavy atom. The van der Waals surface area contributed by atoms with Crippen molar-refractivity contribution in [2.24, 2.45) is 0 Å². The van der Waals surface area contributed by atoms with E-state index in [0.717, 1.165) is 18.4 Å². The van der Waals surface area contributed by atoms with Gasteiger partial charge in [-0.15, -0.1) is 0 Å². The maximum Gasteiger partial charge on any atom is 0.242 e. The summed E-state index contributed by atoms with van der Waals surface area (Å²) in [6.45, 7) is 6.39. The van der Waals surface area contributed by atoms with Crippen LogP contribution in [0.1, 0.15) is 50.3 Å². The van der Waals surface area contributed by atoms with Crippen molar-refractivity contribution in [3.63, 3.8) is 0 Å². The summed E-state index contributed by atoms with van der Waals surface area (Å²) in [5.41, 5.74) is 2.73. The number of hydrogen-bond acceptors (Lipinski definition) is 2. The van der Waals surface area contributed by atoms with Crippen LogP contribution in [0.25, 0.3) is 0 Å². The molecule has 0 aromatic heterocycles. The van der Waals surface area contributed by atoms with Crippen molar-refractivity contribution < 1.29 is 14.0 Å². The van der Waals surface area contributed by atoms with E-state index in [-0.39, 0.29) is 30.6 Å². The lowest BCUT2D eigenvalue weighted by Crippen LogP contribution is -2.47. The number of carbonyl (C=O) groups excluding carboxylic acids is 2. The summed E-state index contributed by atoms with van der Waals surface area (Å²) in [5, 5.41) is 2.83. The first-order valence-corrected chi connectivity index (χ1v) is 10.3. The number of halogens is 1. The van der Waals surface area contributed by atoms with Crippen LogP contribution >= 0.6 is 0 Å². The minimum atomic E-state index is -0.670.